The summed E-state index contributed by atoms with van der Waals surface area (Å²) in [4.78, 5) is 11.3. The van der Waals surface area contributed by atoms with E-state index in [0.29, 0.717) is 0 Å². The molecule has 1 aliphatic rings. The highest BCUT2D eigenvalue weighted by Crippen LogP contribution is 2.26. The lowest BCUT2D eigenvalue weighted by Gasteiger charge is -2.19. The van der Waals surface area contributed by atoms with Crippen LogP contribution in [-0.4, -0.2) is 59.3 Å². The minimum absolute atomic E-state index is 0.0895. The summed E-state index contributed by atoms with van der Waals surface area (Å²) in [6, 6.07) is 5.58. The highest BCUT2D eigenvalue weighted by atomic mass is 32.2. The Bertz CT molecular complexity index is 799. The molecule has 1 aliphatic heterocycles. The lowest BCUT2D eigenvalue weighted by Crippen LogP contribution is -2.45. The van der Waals surface area contributed by atoms with Crippen LogP contribution in [0.25, 0.3) is 0 Å². The third-order valence-electron chi connectivity index (χ3n) is 4.10. The van der Waals surface area contributed by atoms with Crippen molar-refractivity contribution in [3.05, 3.63) is 29.8 Å². The second kappa shape index (κ2) is 7.20. The minimum atomic E-state index is -3.83. The van der Waals surface area contributed by atoms with E-state index >= 15 is 0 Å². The number of carbonyl (C=O) groups excluding carboxylic acids is 1. The van der Waals surface area contributed by atoms with Crippen LogP contribution >= 0.6 is 0 Å². The zero-order valence-electron chi connectivity index (χ0n) is 13.6. The highest BCUT2D eigenvalue weighted by molar-refractivity contribution is 7.96. The van der Waals surface area contributed by atoms with Crippen LogP contribution in [0.2, 0.25) is 0 Å². The fraction of sp³-hybridized carbons (Fsp3) is 0.533. The highest BCUT2D eigenvalue weighted by Gasteiger charge is 2.45. The van der Waals surface area contributed by atoms with E-state index in [1.54, 1.807) is 12.1 Å². The van der Waals surface area contributed by atoms with Gasteiger partial charge in [-0.1, -0.05) is 19.1 Å². The molecule has 0 amide bonds. The third-order valence-corrected chi connectivity index (χ3v) is 8.26. The van der Waals surface area contributed by atoms with Gasteiger partial charge >= 0.3 is 5.97 Å². The van der Waals surface area contributed by atoms with Gasteiger partial charge in [-0.25, -0.2) is 16.8 Å². The average Bonchev–Trinajstić information content (AvgIpc) is 2.88. The predicted octanol–water partition coefficient (Wildman–Crippen LogP) is -0.0491. The smallest absolute Gasteiger partial charge is 0.319 e. The number of ether oxygens (including phenoxy) is 1. The molecule has 0 spiro atoms. The van der Waals surface area contributed by atoms with Gasteiger partial charge in [0, 0.05) is 6.04 Å². The quantitative estimate of drug-likeness (QED) is 0.695. The van der Waals surface area contributed by atoms with Crippen LogP contribution in [0, 0.1) is 0 Å². The summed E-state index contributed by atoms with van der Waals surface area (Å²) in [5.74, 6) is -1.35. The molecule has 2 rings (SSSR count). The Kier molecular flexibility index (Phi) is 5.67. The molecule has 0 unspecified atom stereocenters. The lowest BCUT2D eigenvalue weighted by molar-refractivity contribution is -0.139. The average molecular weight is 375 g/mol. The monoisotopic (exact) mass is 375 g/mol. The predicted molar refractivity (Wildman–Crippen MR) is 89.3 cm³/mol. The topological polar surface area (TPSA) is 107 Å². The Balaban J connectivity index is 2.28. The number of rotatable bonds is 6. The molecular weight excluding hydrogens is 354 g/mol. The van der Waals surface area contributed by atoms with E-state index < -0.39 is 42.7 Å². The summed E-state index contributed by atoms with van der Waals surface area (Å²) >= 11 is 0. The van der Waals surface area contributed by atoms with Gasteiger partial charge < -0.3 is 10.1 Å². The fourth-order valence-corrected chi connectivity index (χ4v) is 7.40. The molecule has 0 bridgehead atoms. The van der Waals surface area contributed by atoms with Crippen molar-refractivity contribution in [3.8, 4) is 0 Å². The second-order valence-corrected chi connectivity index (χ2v) is 10.0. The van der Waals surface area contributed by atoms with Gasteiger partial charge in [-0.3, -0.25) is 4.79 Å². The molecule has 0 aromatic heterocycles. The van der Waals surface area contributed by atoms with E-state index in [9.17, 15) is 21.6 Å². The molecule has 1 saturated heterocycles. The number of hydrogen-bond acceptors (Lipinski definition) is 7. The number of carbonyl (C=O) groups is 1. The summed E-state index contributed by atoms with van der Waals surface area (Å²) in [6.45, 7) is 1.72. The maximum Gasteiger partial charge on any atom is 0.319 e. The van der Waals surface area contributed by atoms with Gasteiger partial charge in [0.15, 0.2) is 19.7 Å². The number of hydrogen-bond donors (Lipinski definition) is 1. The molecule has 0 saturated carbocycles. The van der Waals surface area contributed by atoms with Crippen molar-refractivity contribution in [1.29, 1.82) is 0 Å². The maximum atomic E-state index is 12.8. The summed E-state index contributed by atoms with van der Waals surface area (Å²) < 4.78 is 54.0. The first-order chi connectivity index (χ1) is 11.2. The third kappa shape index (κ3) is 4.14. The molecule has 1 fully saturated rings. The second-order valence-electron chi connectivity index (χ2n) is 5.72. The van der Waals surface area contributed by atoms with Gasteiger partial charge in [0.2, 0.25) is 0 Å². The molecule has 1 N–H and O–H groups in total. The van der Waals surface area contributed by atoms with Crippen LogP contribution in [0.4, 0.5) is 0 Å². The number of methoxy groups -OCH3 is 1. The van der Waals surface area contributed by atoms with E-state index in [2.05, 4.69) is 10.1 Å². The van der Waals surface area contributed by atoms with Gasteiger partial charge in [0.25, 0.3) is 0 Å². The van der Waals surface area contributed by atoms with Crippen molar-refractivity contribution in [3.63, 3.8) is 0 Å². The molecular formula is C15H21NO6S2. The number of aryl methyl sites for hydroxylation is 1. The Hall–Kier alpha value is -1.45. The summed E-state index contributed by atoms with van der Waals surface area (Å²) in [7, 11) is -6.12. The van der Waals surface area contributed by atoms with Crippen molar-refractivity contribution in [2.24, 2.45) is 0 Å². The minimum Gasteiger partial charge on any atom is -0.468 e. The van der Waals surface area contributed by atoms with Crippen molar-refractivity contribution < 1.29 is 26.4 Å². The molecule has 1 heterocycles. The number of esters is 1. The standard InChI is InChI=1S/C15H21NO6S2/c1-3-11-4-6-12(7-5-11)24(20,21)14-10-23(18,19)9-13(14)16-8-15(17)22-2/h4-7,13-14,16H,3,8-10H2,1-2H3/t13-,14-/m0/s1. The van der Waals surface area contributed by atoms with E-state index in [4.69, 9.17) is 0 Å². The molecule has 0 aliphatic carbocycles. The first-order valence-electron chi connectivity index (χ1n) is 7.53. The number of sulfone groups is 2. The molecule has 24 heavy (non-hydrogen) atoms. The Labute approximate surface area is 142 Å². The largest absolute Gasteiger partial charge is 0.468 e. The first kappa shape index (κ1) is 18.9. The lowest BCUT2D eigenvalue weighted by atomic mass is 10.2. The first-order valence-corrected chi connectivity index (χ1v) is 10.9. The van der Waals surface area contributed by atoms with Crippen LogP contribution in [-0.2, 0) is 35.6 Å². The van der Waals surface area contributed by atoms with Gasteiger partial charge in [-0.2, -0.15) is 0 Å². The van der Waals surface area contributed by atoms with Crippen molar-refractivity contribution >= 4 is 25.6 Å². The fourth-order valence-electron chi connectivity index (χ4n) is 2.69. The summed E-state index contributed by atoms with van der Waals surface area (Å²) in [5, 5.41) is 1.58. The van der Waals surface area contributed by atoms with Crippen molar-refractivity contribution in [2.45, 2.75) is 29.5 Å². The molecule has 0 radical (unpaired) electrons. The van der Waals surface area contributed by atoms with Crippen LogP contribution in [0.3, 0.4) is 0 Å². The molecule has 1 aromatic carbocycles. The number of nitrogens with one attached hydrogen (secondary N) is 1. The van der Waals surface area contributed by atoms with Crippen LogP contribution in [0.5, 0.6) is 0 Å². The van der Waals surface area contributed by atoms with Crippen LogP contribution < -0.4 is 5.32 Å². The molecule has 2 atom stereocenters. The van der Waals surface area contributed by atoms with E-state index in [1.165, 1.54) is 19.2 Å². The van der Waals surface area contributed by atoms with E-state index in [0.717, 1.165) is 12.0 Å². The maximum absolute atomic E-state index is 12.8. The van der Waals surface area contributed by atoms with Crippen LogP contribution in [0.1, 0.15) is 12.5 Å². The Morgan fingerprint density at radius 1 is 1.25 bits per heavy atom. The Morgan fingerprint density at radius 3 is 2.42 bits per heavy atom. The van der Waals surface area contributed by atoms with Gasteiger partial charge in [0.05, 0.1) is 35.3 Å². The van der Waals surface area contributed by atoms with Crippen LogP contribution in [0.15, 0.2) is 29.2 Å². The molecule has 9 heteroatoms. The van der Waals surface area contributed by atoms with Gasteiger partial charge in [-0.05, 0) is 24.1 Å². The Morgan fingerprint density at radius 2 is 1.88 bits per heavy atom. The molecule has 7 nitrogen and oxygen atoms in total. The number of benzene rings is 1. The SMILES string of the molecule is CCc1ccc(S(=O)(=O)[C@H]2CS(=O)(=O)C[C@@H]2NCC(=O)OC)cc1. The molecule has 134 valence electrons. The van der Waals surface area contributed by atoms with E-state index in [1.807, 2.05) is 6.92 Å². The summed E-state index contributed by atoms with van der Waals surface area (Å²) in [6.07, 6.45) is 0.779. The van der Waals surface area contributed by atoms with Gasteiger partial charge in [-0.15, -0.1) is 0 Å². The van der Waals surface area contributed by atoms with E-state index in [-0.39, 0.29) is 17.2 Å². The van der Waals surface area contributed by atoms with Crippen molar-refractivity contribution in [2.75, 3.05) is 25.2 Å². The van der Waals surface area contributed by atoms with Crippen molar-refractivity contribution in [1.82, 2.24) is 5.32 Å². The molecule has 1 aromatic rings. The normalized spacial score (nSPS) is 23.1. The van der Waals surface area contributed by atoms with Gasteiger partial charge in [0.1, 0.15) is 0 Å². The zero-order valence-corrected chi connectivity index (χ0v) is 15.2. The summed E-state index contributed by atoms with van der Waals surface area (Å²) in [5.41, 5.74) is 0.994. The zero-order chi connectivity index (χ0) is 18.0.